The average Bonchev–Trinajstić information content (AvgIpc) is 3.20. The molecule has 0 saturated carbocycles. The molecule has 0 aliphatic rings. The predicted molar refractivity (Wildman–Crippen MR) is 110 cm³/mol. The molecule has 0 unspecified atom stereocenters. The molecule has 0 bridgehead atoms. The van der Waals surface area contributed by atoms with Crippen molar-refractivity contribution < 1.29 is 4.42 Å². The summed E-state index contributed by atoms with van der Waals surface area (Å²) in [4.78, 5) is 9.58. The first kappa shape index (κ1) is 14.4. The zero-order valence-corrected chi connectivity index (χ0v) is 14.4. The lowest BCUT2D eigenvalue weighted by Gasteiger charge is -2.04. The second kappa shape index (κ2) is 5.39. The van der Waals surface area contributed by atoms with Crippen LogP contribution in [0.4, 0.5) is 0 Å². The van der Waals surface area contributed by atoms with Gasteiger partial charge in [0.1, 0.15) is 11.2 Å². The molecule has 0 radical (unpaired) electrons. The summed E-state index contributed by atoms with van der Waals surface area (Å²) >= 11 is 0. The molecule has 0 saturated heterocycles. The summed E-state index contributed by atoms with van der Waals surface area (Å²) in [7, 11) is 0. The van der Waals surface area contributed by atoms with Crippen molar-refractivity contribution in [1.82, 2.24) is 9.97 Å². The number of hydrogen-bond donors (Lipinski definition) is 0. The molecule has 6 aromatic rings. The second-order valence-electron chi connectivity index (χ2n) is 6.68. The second-order valence-corrected chi connectivity index (χ2v) is 6.68. The van der Waals surface area contributed by atoms with Crippen LogP contribution in [-0.2, 0) is 0 Å². The van der Waals surface area contributed by atoms with Gasteiger partial charge in [-0.2, -0.15) is 0 Å². The van der Waals surface area contributed by atoms with Crippen molar-refractivity contribution >= 4 is 43.5 Å². The molecule has 27 heavy (non-hydrogen) atoms. The Balaban J connectivity index is 1.72. The lowest BCUT2D eigenvalue weighted by molar-refractivity contribution is 0.620. The van der Waals surface area contributed by atoms with Gasteiger partial charge in [0.05, 0.1) is 5.52 Å². The van der Waals surface area contributed by atoms with Crippen LogP contribution in [0, 0.1) is 0 Å². The third kappa shape index (κ3) is 2.09. The lowest BCUT2D eigenvalue weighted by Crippen LogP contribution is -1.85. The normalized spacial score (nSPS) is 11.7. The Hall–Kier alpha value is -3.72. The van der Waals surface area contributed by atoms with Crippen LogP contribution in [0.1, 0.15) is 0 Å². The number of benzene rings is 4. The Kier molecular flexibility index (Phi) is 2.88. The summed E-state index contributed by atoms with van der Waals surface area (Å²) < 4.78 is 6.25. The first-order chi connectivity index (χ1) is 13.4. The summed E-state index contributed by atoms with van der Waals surface area (Å²) in [5.41, 5.74) is 3.38. The van der Waals surface area contributed by atoms with Gasteiger partial charge in [-0.05, 0) is 22.9 Å². The molecule has 126 valence electrons. The number of para-hydroxylation sites is 1. The molecule has 0 aliphatic carbocycles. The Labute approximate surface area is 154 Å². The highest BCUT2D eigenvalue weighted by Gasteiger charge is 2.16. The van der Waals surface area contributed by atoms with Gasteiger partial charge >= 0.3 is 0 Å². The van der Waals surface area contributed by atoms with Gasteiger partial charge in [0, 0.05) is 16.2 Å². The van der Waals surface area contributed by atoms with Crippen molar-refractivity contribution in [1.29, 1.82) is 0 Å². The summed E-state index contributed by atoms with van der Waals surface area (Å²) in [5.74, 6) is 0.553. The first-order valence-corrected chi connectivity index (χ1v) is 8.95. The maximum absolute atomic E-state index is 6.25. The molecule has 0 amide bonds. The molecule has 3 heteroatoms. The molecule has 0 fully saturated rings. The molecule has 6 rings (SSSR count). The minimum Gasteiger partial charge on any atom is -0.434 e. The molecule has 0 spiro atoms. The Morgan fingerprint density at radius 2 is 1.22 bits per heavy atom. The molecule has 3 nitrogen and oxygen atoms in total. The van der Waals surface area contributed by atoms with Crippen LogP contribution >= 0.6 is 0 Å². The Morgan fingerprint density at radius 3 is 2.07 bits per heavy atom. The summed E-state index contributed by atoms with van der Waals surface area (Å²) in [6.45, 7) is 0. The molecule has 4 aromatic carbocycles. The van der Waals surface area contributed by atoms with E-state index in [-0.39, 0.29) is 0 Å². The molecule has 2 aromatic heterocycles. The molecule has 2 heterocycles. The van der Waals surface area contributed by atoms with Gasteiger partial charge in [-0.1, -0.05) is 72.8 Å². The van der Waals surface area contributed by atoms with Crippen LogP contribution in [-0.4, -0.2) is 9.97 Å². The van der Waals surface area contributed by atoms with Gasteiger partial charge in [-0.15, -0.1) is 0 Å². The lowest BCUT2D eigenvalue weighted by atomic mass is 10.0. The van der Waals surface area contributed by atoms with Crippen LogP contribution in [0.3, 0.4) is 0 Å². The van der Waals surface area contributed by atoms with Crippen molar-refractivity contribution in [3.63, 3.8) is 0 Å². The monoisotopic (exact) mass is 346 g/mol. The topological polar surface area (TPSA) is 38.9 Å². The van der Waals surface area contributed by atoms with Gasteiger partial charge in [0.2, 0.25) is 5.89 Å². The minimum atomic E-state index is 0.553. The van der Waals surface area contributed by atoms with Gasteiger partial charge < -0.3 is 4.42 Å². The fourth-order valence-electron chi connectivity index (χ4n) is 3.82. The van der Waals surface area contributed by atoms with Gasteiger partial charge in [0.15, 0.2) is 5.58 Å². The third-order valence-electron chi connectivity index (χ3n) is 5.09. The maximum Gasteiger partial charge on any atom is 0.246 e. The largest absolute Gasteiger partial charge is 0.434 e. The number of aromatic nitrogens is 2. The third-order valence-corrected chi connectivity index (χ3v) is 5.09. The van der Waals surface area contributed by atoms with E-state index in [1.165, 1.54) is 10.8 Å². The average molecular weight is 346 g/mol. The fraction of sp³-hybridized carbons (Fsp3) is 0. The number of rotatable bonds is 1. The highest BCUT2D eigenvalue weighted by atomic mass is 16.3. The van der Waals surface area contributed by atoms with E-state index in [2.05, 4.69) is 48.5 Å². The minimum absolute atomic E-state index is 0.553. The van der Waals surface area contributed by atoms with Crippen molar-refractivity contribution in [3.05, 3.63) is 84.9 Å². The van der Waals surface area contributed by atoms with E-state index in [1.54, 1.807) is 0 Å². The molecule has 0 atom stereocenters. The molecular weight excluding hydrogens is 332 g/mol. The van der Waals surface area contributed by atoms with Gasteiger partial charge in [-0.3, -0.25) is 0 Å². The van der Waals surface area contributed by atoms with E-state index in [9.17, 15) is 0 Å². The summed E-state index contributed by atoms with van der Waals surface area (Å²) in [6.07, 6.45) is 0. The van der Waals surface area contributed by atoms with Crippen LogP contribution in [0.5, 0.6) is 0 Å². The number of pyridine rings is 1. The predicted octanol–water partition coefficient (Wildman–Crippen LogP) is 6.35. The summed E-state index contributed by atoms with van der Waals surface area (Å²) in [5, 5.41) is 5.64. The van der Waals surface area contributed by atoms with E-state index in [4.69, 9.17) is 14.4 Å². The number of oxazole rings is 1. The zero-order chi connectivity index (χ0) is 17.8. The number of fused-ring (bicyclic) bond motifs is 7. The van der Waals surface area contributed by atoms with E-state index >= 15 is 0 Å². The fourth-order valence-corrected chi connectivity index (χ4v) is 3.82. The molecular formula is C24H14N2O. The standard InChI is InChI=1S/C24H14N2O/c1-6-12-20-15(7-1)13-14-21(25-20)24-26-22-18-10-4-2-8-16(18)17-9-3-5-11-19(17)23(22)27-24/h1-14H. The zero-order valence-electron chi connectivity index (χ0n) is 14.4. The first-order valence-electron chi connectivity index (χ1n) is 8.95. The highest BCUT2D eigenvalue weighted by molar-refractivity contribution is 6.22. The SMILES string of the molecule is c1ccc2nc(-c3nc4c5ccccc5c5ccccc5c4o3)ccc2c1. The van der Waals surface area contributed by atoms with Crippen molar-refractivity contribution in [2.45, 2.75) is 0 Å². The highest BCUT2D eigenvalue weighted by Crippen LogP contribution is 2.36. The van der Waals surface area contributed by atoms with Crippen LogP contribution in [0.2, 0.25) is 0 Å². The van der Waals surface area contributed by atoms with Crippen molar-refractivity contribution in [2.75, 3.05) is 0 Å². The maximum atomic E-state index is 6.25. The van der Waals surface area contributed by atoms with Crippen LogP contribution in [0.25, 0.3) is 55.1 Å². The molecule has 0 aliphatic heterocycles. The number of hydrogen-bond acceptors (Lipinski definition) is 3. The quantitative estimate of drug-likeness (QED) is 0.326. The van der Waals surface area contributed by atoms with Crippen LogP contribution < -0.4 is 0 Å². The smallest absolute Gasteiger partial charge is 0.246 e. The van der Waals surface area contributed by atoms with E-state index in [0.29, 0.717) is 5.89 Å². The van der Waals surface area contributed by atoms with E-state index in [0.717, 1.165) is 38.5 Å². The van der Waals surface area contributed by atoms with Gasteiger partial charge in [-0.25, -0.2) is 9.97 Å². The Bertz CT molecular complexity index is 1410. The molecule has 0 N–H and O–H groups in total. The van der Waals surface area contributed by atoms with E-state index in [1.807, 2.05) is 36.4 Å². The number of nitrogens with zero attached hydrogens (tertiary/aromatic N) is 2. The van der Waals surface area contributed by atoms with Crippen molar-refractivity contribution in [3.8, 4) is 11.6 Å². The van der Waals surface area contributed by atoms with E-state index < -0.39 is 0 Å². The van der Waals surface area contributed by atoms with Crippen molar-refractivity contribution in [2.24, 2.45) is 0 Å². The Morgan fingerprint density at radius 1 is 0.556 bits per heavy atom. The van der Waals surface area contributed by atoms with Crippen LogP contribution in [0.15, 0.2) is 89.3 Å². The van der Waals surface area contributed by atoms with Gasteiger partial charge in [0.25, 0.3) is 0 Å². The summed E-state index contributed by atoms with van der Waals surface area (Å²) in [6, 6.07) is 28.8.